The lowest BCUT2D eigenvalue weighted by molar-refractivity contribution is 0.808. The average molecular weight is 190 g/mol. The van der Waals surface area contributed by atoms with Crippen LogP contribution in [0.4, 0.5) is 5.69 Å². The van der Waals surface area contributed by atoms with Gasteiger partial charge in [-0.2, -0.15) is 0 Å². The van der Waals surface area contributed by atoms with E-state index >= 15 is 0 Å². The highest BCUT2D eigenvalue weighted by Crippen LogP contribution is 2.49. The highest BCUT2D eigenvalue weighted by molar-refractivity contribution is 5.55. The maximum Gasteiger partial charge on any atom is 0.0396 e. The number of para-hydroxylation sites is 1. The Morgan fingerprint density at radius 3 is 2.64 bits per heavy atom. The molecule has 0 saturated heterocycles. The molecule has 14 heavy (non-hydrogen) atoms. The quantitative estimate of drug-likeness (QED) is 0.787. The molecule has 2 nitrogen and oxygen atoms in total. The molecule has 76 valence electrons. The van der Waals surface area contributed by atoms with E-state index in [1.165, 1.54) is 17.7 Å². The van der Waals surface area contributed by atoms with Crippen LogP contribution < -0.4 is 10.6 Å². The van der Waals surface area contributed by atoms with E-state index in [4.69, 9.17) is 5.73 Å². The molecule has 2 atom stereocenters. The molecule has 0 aromatic heterocycles. The number of hydrogen-bond donors (Lipinski definition) is 1. The highest BCUT2D eigenvalue weighted by Gasteiger charge is 2.38. The van der Waals surface area contributed by atoms with Gasteiger partial charge >= 0.3 is 0 Å². The van der Waals surface area contributed by atoms with Gasteiger partial charge in [-0.05, 0) is 36.4 Å². The zero-order valence-corrected chi connectivity index (χ0v) is 8.90. The summed E-state index contributed by atoms with van der Waals surface area (Å²) in [4.78, 5) is 2.18. The summed E-state index contributed by atoms with van der Waals surface area (Å²) < 4.78 is 0. The summed E-state index contributed by atoms with van der Waals surface area (Å²) in [7, 11) is 4.19. The smallest absolute Gasteiger partial charge is 0.0396 e. The summed E-state index contributed by atoms with van der Waals surface area (Å²) in [6.45, 7) is 0.826. The predicted molar refractivity (Wildman–Crippen MR) is 60.7 cm³/mol. The second-order valence-corrected chi connectivity index (χ2v) is 4.29. The molecular weight excluding hydrogens is 172 g/mol. The van der Waals surface area contributed by atoms with Gasteiger partial charge in [-0.3, -0.25) is 0 Å². The van der Waals surface area contributed by atoms with Crippen molar-refractivity contribution < 1.29 is 0 Å². The van der Waals surface area contributed by atoms with Crippen LogP contribution in [0.25, 0.3) is 0 Å². The third kappa shape index (κ3) is 1.62. The molecule has 0 bridgehead atoms. The van der Waals surface area contributed by atoms with Crippen LogP contribution in [0.1, 0.15) is 17.9 Å². The number of rotatable bonds is 3. The fourth-order valence-electron chi connectivity index (χ4n) is 2.10. The van der Waals surface area contributed by atoms with Gasteiger partial charge in [-0.25, -0.2) is 0 Å². The topological polar surface area (TPSA) is 29.3 Å². The largest absolute Gasteiger partial charge is 0.377 e. The van der Waals surface area contributed by atoms with E-state index in [1.54, 1.807) is 0 Å². The first-order chi connectivity index (χ1) is 6.74. The summed E-state index contributed by atoms with van der Waals surface area (Å²) in [5, 5.41) is 0. The van der Waals surface area contributed by atoms with Crippen LogP contribution >= 0.6 is 0 Å². The SMILES string of the molecule is CN(C)c1ccccc1[C@@H]1C[C@H]1CN. The number of nitrogens with zero attached hydrogens (tertiary/aromatic N) is 1. The molecule has 2 rings (SSSR count). The van der Waals surface area contributed by atoms with E-state index in [2.05, 4.69) is 43.3 Å². The summed E-state index contributed by atoms with van der Waals surface area (Å²) in [6, 6.07) is 8.63. The molecule has 0 radical (unpaired) electrons. The van der Waals surface area contributed by atoms with E-state index < -0.39 is 0 Å². The minimum Gasteiger partial charge on any atom is -0.377 e. The van der Waals surface area contributed by atoms with Gasteiger partial charge in [0.15, 0.2) is 0 Å². The number of nitrogens with two attached hydrogens (primary N) is 1. The first-order valence-electron chi connectivity index (χ1n) is 5.20. The molecule has 0 heterocycles. The minimum absolute atomic E-state index is 0.707. The van der Waals surface area contributed by atoms with Crippen LogP contribution in [0.3, 0.4) is 0 Å². The molecule has 0 unspecified atom stereocenters. The van der Waals surface area contributed by atoms with Gasteiger partial charge in [0.1, 0.15) is 0 Å². The van der Waals surface area contributed by atoms with Crippen LogP contribution in [-0.4, -0.2) is 20.6 Å². The number of benzene rings is 1. The van der Waals surface area contributed by atoms with E-state index in [-0.39, 0.29) is 0 Å². The average Bonchev–Trinajstić information content (AvgIpc) is 2.96. The third-order valence-electron chi connectivity index (χ3n) is 3.04. The zero-order chi connectivity index (χ0) is 10.1. The van der Waals surface area contributed by atoms with Crippen molar-refractivity contribution >= 4 is 5.69 Å². The van der Waals surface area contributed by atoms with Crippen molar-refractivity contribution in [2.45, 2.75) is 12.3 Å². The maximum atomic E-state index is 5.67. The fourth-order valence-corrected chi connectivity index (χ4v) is 2.10. The molecule has 1 aromatic rings. The second-order valence-electron chi connectivity index (χ2n) is 4.29. The second kappa shape index (κ2) is 3.62. The summed E-state index contributed by atoms with van der Waals surface area (Å²) >= 11 is 0. The van der Waals surface area contributed by atoms with E-state index in [1.807, 2.05) is 0 Å². The maximum absolute atomic E-state index is 5.67. The Bertz CT molecular complexity index is 320. The summed E-state index contributed by atoms with van der Waals surface area (Å²) in [6.07, 6.45) is 1.27. The highest BCUT2D eigenvalue weighted by atomic mass is 15.1. The molecule has 1 aromatic carbocycles. The molecule has 0 aliphatic heterocycles. The van der Waals surface area contributed by atoms with Crippen molar-refractivity contribution in [3.63, 3.8) is 0 Å². The third-order valence-corrected chi connectivity index (χ3v) is 3.04. The van der Waals surface area contributed by atoms with E-state index in [0.29, 0.717) is 5.92 Å². The lowest BCUT2D eigenvalue weighted by Crippen LogP contribution is -2.11. The van der Waals surface area contributed by atoms with Crippen molar-refractivity contribution in [3.8, 4) is 0 Å². The lowest BCUT2D eigenvalue weighted by atomic mass is 10.1. The molecule has 1 aliphatic rings. The van der Waals surface area contributed by atoms with Crippen molar-refractivity contribution in [2.75, 3.05) is 25.5 Å². The first-order valence-corrected chi connectivity index (χ1v) is 5.20. The standard InChI is InChI=1S/C12H18N2/c1-14(2)12-6-4-3-5-10(12)11-7-9(11)8-13/h3-6,9,11H,7-8,13H2,1-2H3/t9-,11+/m0/s1. The molecule has 1 aliphatic carbocycles. The zero-order valence-electron chi connectivity index (χ0n) is 8.90. The Hall–Kier alpha value is -1.02. The number of anilines is 1. The Labute approximate surface area is 85.7 Å². The molecular formula is C12H18N2. The van der Waals surface area contributed by atoms with Gasteiger partial charge in [-0.1, -0.05) is 18.2 Å². The van der Waals surface area contributed by atoms with Gasteiger partial charge in [-0.15, -0.1) is 0 Å². The van der Waals surface area contributed by atoms with Crippen molar-refractivity contribution in [2.24, 2.45) is 11.7 Å². The summed E-state index contributed by atoms with van der Waals surface area (Å²) in [5.41, 5.74) is 8.48. The Balaban J connectivity index is 2.25. The lowest BCUT2D eigenvalue weighted by Gasteiger charge is -2.17. The van der Waals surface area contributed by atoms with Crippen LogP contribution in [0.5, 0.6) is 0 Å². The van der Waals surface area contributed by atoms with Crippen molar-refractivity contribution in [1.29, 1.82) is 0 Å². The molecule has 1 fully saturated rings. The molecule has 1 saturated carbocycles. The van der Waals surface area contributed by atoms with E-state index in [9.17, 15) is 0 Å². The molecule has 0 amide bonds. The van der Waals surface area contributed by atoms with Gasteiger partial charge in [0.05, 0.1) is 0 Å². The Morgan fingerprint density at radius 2 is 2.07 bits per heavy atom. The minimum atomic E-state index is 0.707. The Kier molecular flexibility index (Phi) is 2.46. The summed E-state index contributed by atoms with van der Waals surface area (Å²) in [5.74, 6) is 1.43. The van der Waals surface area contributed by atoms with Crippen LogP contribution in [-0.2, 0) is 0 Å². The van der Waals surface area contributed by atoms with Gasteiger partial charge < -0.3 is 10.6 Å². The monoisotopic (exact) mass is 190 g/mol. The van der Waals surface area contributed by atoms with Gasteiger partial charge in [0.2, 0.25) is 0 Å². The van der Waals surface area contributed by atoms with Gasteiger partial charge in [0.25, 0.3) is 0 Å². The van der Waals surface area contributed by atoms with Crippen LogP contribution in [0.2, 0.25) is 0 Å². The normalized spacial score (nSPS) is 24.8. The molecule has 2 heteroatoms. The van der Waals surface area contributed by atoms with E-state index in [0.717, 1.165) is 12.5 Å². The molecule has 0 spiro atoms. The van der Waals surface area contributed by atoms with Crippen LogP contribution in [0.15, 0.2) is 24.3 Å². The van der Waals surface area contributed by atoms with Crippen molar-refractivity contribution in [1.82, 2.24) is 0 Å². The molecule has 2 N–H and O–H groups in total. The van der Waals surface area contributed by atoms with Gasteiger partial charge in [0, 0.05) is 19.8 Å². The van der Waals surface area contributed by atoms with Crippen molar-refractivity contribution in [3.05, 3.63) is 29.8 Å². The fraction of sp³-hybridized carbons (Fsp3) is 0.500. The number of hydrogen-bond acceptors (Lipinski definition) is 2. The Morgan fingerprint density at radius 1 is 1.36 bits per heavy atom. The predicted octanol–water partition coefficient (Wildman–Crippen LogP) is 1.81. The first kappa shape index (κ1) is 9.53. The van der Waals surface area contributed by atoms with Crippen LogP contribution in [0, 0.1) is 5.92 Å².